The Morgan fingerprint density at radius 2 is 2.06 bits per heavy atom. The molecule has 2 rings (SSSR count). The zero-order chi connectivity index (χ0) is 11.5. The molecule has 2 aromatic rings. The first-order valence-electron chi connectivity index (χ1n) is 4.71. The van der Waals surface area contributed by atoms with Crippen LogP contribution in [0, 0.1) is 11.3 Å². The Kier molecular flexibility index (Phi) is 2.61. The van der Waals surface area contributed by atoms with Gasteiger partial charge >= 0.3 is 0 Å². The first kappa shape index (κ1) is 10.2. The van der Waals surface area contributed by atoms with E-state index in [0.29, 0.717) is 17.1 Å². The van der Waals surface area contributed by atoms with Gasteiger partial charge in [0.2, 0.25) is 0 Å². The van der Waals surface area contributed by atoms with Gasteiger partial charge in [0.25, 0.3) is 0 Å². The third-order valence-corrected chi connectivity index (χ3v) is 2.35. The minimum atomic E-state index is 0.420. The van der Waals surface area contributed by atoms with Crippen LogP contribution in [-0.2, 0) is 0 Å². The Labute approximate surface area is 93.0 Å². The van der Waals surface area contributed by atoms with Gasteiger partial charge in [0.05, 0.1) is 19.7 Å². The van der Waals surface area contributed by atoms with Crippen LogP contribution >= 0.6 is 0 Å². The quantitative estimate of drug-likeness (QED) is 0.768. The zero-order valence-electron chi connectivity index (χ0n) is 9.02. The molecule has 1 heterocycles. The van der Waals surface area contributed by atoms with Crippen molar-refractivity contribution in [2.24, 2.45) is 0 Å². The van der Waals surface area contributed by atoms with Crippen molar-refractivity contribution < 1.29 is 9.47 Å². The number of pyridine rings is 1. The Morgan fingerprint density at radius 3 is 2.69 bits per heavy atom. The summed E-state index contributed by atoms with van der Waals surface area (Å²) >= 11 is 0. The number of benzene rings is 1. The van der Waals surface area contributed by atoms with E-state index < -0.39 is 0 Å². The Hall–Kier alpha value is -2.28. The minimum absolute atomic E-state index is 0.420. The van der Waals surface area contributed by atoms with Gasteiger partial charge in [0.1, 0.15) is 23.1 Å². The molecule has 0 spiro atoms. The van der Waals surface area contributed by atoms with Gasteiger partial charge in [-0.2, -0.15) is 5.26 Å². The number of ether oxygens (including phenoxy) is 2. The molecule has 0 saturated heterocycles. The maximum atomic E-state index is 8.93. The fourth-order valence-electron chi connectivity index (χ4n) is 1.57. The van der Waals surface area contributed by atoms with E-state index in [0.717, 1.165) is 10.9 Å². The molecule has 0 aliphatic heterocycles. The number of nitrogens with zero attached hydrogens (tertiary/aromatic N) is 2. The van der Waals surface area contributed by atoms with Crippen molar-refractivity contribution in [2.75, 3.05) is 14.2 Å². The third kappa shape index (κ3) is 1.52. The molecule has 16 heavy (non-hydrogen) atoms. The molecule has 0 amide bonds. The predicted octanol–water partition coefficient (Wildman–Crippen LogP) is 2.12. The highest BCUT2D eigenvalue weighted by atomic mass is 16.5. The predicted molar refractivity (Wildman–Crippen MR) is 59.6 cm³/mol. The summed E-state index contributed by atoms with van der Waals surface area (Å²) in [4.78, 5) is 4.18. The van der Waals surface area contributed by atoms with Gasteiger partial charge in [0.15, 0.2) is 0 Å². The zero-order valence-corrected chi connectivity index (χ0v) is 9.02. The standard InChI is InChI=1S/C12H10N2O2/c1-15-9-3-4-11-10(5-9)12(16-2)8(6-13)7-14-11/h3-5,7H,1-2H3. The van der Waals surface area contributed by atoms with Gasteiger partial charge in [-0.1, -0.05) is 0 Å². The van der Waals surface area contributed by atoms with Crippen molar-refractivity contribution in [3.63, 3.8) is 0 Å². The number of methoxy groups -OCH3 is 2. The monoisotopic (exact) mass is 214 g/mol. The van der Waals surface area contributed by atoms with E-state index in [1.807, 2.05) is 24.3 Å². The largest absolute Gasteiger partial charge is 0.497 e. The average Bonchev–Trinajstić information content (AvgIpc) is 2.36. The van der Waals surface area contributed by atoms with Crippen LogP contribution in [-0.4, -0.2) is 19.2 Å². The van der Waals surface area contributed by atoms with Crippen LogP contribution in [0.4, 0.5) is 0 Å². The van der Waals surface area contributed by atoms with Crippen molar-refractivity contribution in [3.8, 4) is 17.6 Å². The van der Waals surface area contributed by atoms with Gasteiger partial charge in [-0.05, 0) is 18.2 Å². The maximum Gasteiger partial charge on any atom is 0.147 e. The van der Waals surface area contributed by atoms with Gasteiger partial charge in [-0.15, -0.1) is 0 Å². The molecule has 0 fully saturated rings. The third-order valence-electron chi connectivity index (χ3n) is 2.35. The summed E-state index contributed by atoms with van der Waals surface area (Å²) in [6.45, 7) is 0. The lowest BCUT2D eigenvalue weighted by Crippen LogP contribution is -1.92. The van der Waals surface area contributed by atoms with Gasteiger partial charge in [0, 0.05) is 11.6 Å². The summed E-state index contributed by atoms with van der Waals surface area (Å²) in [5, 5.41) is 9.71. The van der Waals surface area contributed by atoms with Crippen LogP contribution in [0.5, 0.6) is 11.5 Å². The lowest BCUT2D eigenvalue weighted by atomic mass is 10.1. The highest BCUT2D eigenvalue weighted by molar-refractivity contribution is 5.88. The first-order chi connectivity index (χ1) is 7.80. The minimum Gasteiger partial charge on any atom is -0.497 e. The summed E-state index contributed by atoms with van der Waals surface area (Å²) < 4.78 is 10.4. The van der Waals surface area contributed by atoms with Gasteiger partial charge in [-0.3, -0.25) is 4.98 Å². The molecule has 0 saturated carbocycles. The fourth-order valence-corrected chi connectivity index (χ4v) is 1.57. The second-order valence-corrected chi connectivity index (χ2v) is 3.20. The van der Waals surface area contributed by atoms with Crippen molar-refractivity contribution >= 4 is 10.9 Å². The molecule has 4 nitrogen and oxygen atoms in total. The Balaban J connectivity index is 2.79. The molecule has 0 N–H and O–H groups in total. The van der Waals surface area contributed by atoms with E-state index >= 15 is 0 Å². The molecular weight excluding hydrogens is 204 g/mol. The van der Waals surface area contributed by atoms with Crippen molar-refractivity contribution in [1.82, 2.24) is 4.98 Å². The van der Waals surface area contributed by atoms with E-state index in [9.17, 15) is 0 Å². The average molecular weight is 214 g/mol. The van der Waals surface area contributed by atoms with Crippen LogP contribution < -0.4 is 9.47 Å². The van der Waals surface area contributed by atoms with E-state index in [-0.39, 0.29) is 0 Å². The molecule has 1 aromatic heterocycles. The lowest BCUT2D eigenvalue weighted by molar-refractivity contribution is 0.411. The van der Waals surface area contributed by atoms with Crippen LogP contribution in [0.15, 0.2) is 24.4 Å². The first-order valence-corrected chi connectivity index (χ1v) is 4.71. The van der Waals surface area contributed by atoms with E-state index in [4.69, 9.17) is 14.7 Å². The number of hydrogen-bond acceptors (Lipinski definition) is 4. The molecule has 0 atom stereocenters. The summed E-state index contributed by atoms with van der Waals surface area (Å²) in [6, 6.07) is 7.51. The Bertz CT molecular complexity index is 573. The number of hydrogen-bond donors (Lipinski definition) is 0. The molecule has 0 unspecified atom stereocenters. The van der Waals surface area contributed by atoms with Gasteiger partial charge < -0.3 is 9.47 Å². The van der Waals surface area contributed by atoms with Crippen LogP contribution in [0.25, 0.3) is 10.9 Å². The normalized spacial score (nSPS) is 9.81. The molecule has 0 radical (unpaired) electrons. The number of aromatic nitrogens is 1. The summed E-state index contributed by atoms with van der Waals surface area (Å²) in [5.41, 5.74) is 1.19. The lowest BCUT2D eigenvalue weighted by Gasteiger charge is -2.07. The maximum absolute atomic E-state index is 8.93. The van der Waals surface area contributed by atoms with Crippen LogP contribution in [0.3, 0.4) is 0 Å². The summed E-state index contributed by atoms with van der Waals surface area (Å²) in [6.07, 6.45) is 1.51. The van der Waals surface area contributed by atoms with Crippen LogP contribution in [0.2, 0.25) is 0 Å². The van der Waals surface area contributed by atoms with Crippen molar-refractivity contribution in [3.05, 3.63) is 30.0 Å². The highest BCUT2D eigenvalue weighted by Gasteiger charge is 2.09. The second-order valence-electron chi connectivity index (χ2n) is 3.20. The van der Waals surface area contributed by atoms with Gasteiger partial charge in [-0.25, -0.2) is 0 Å². The van der Waals surface area contributed by atoms with Crippen LogP contribution in [0.1, 0.15) is 5.56 Å². The van der Waals surface area contributed by atoms with E-state index in [1.165, 1.54) is 13.3 Å². The smallest absolute Gasteiger partial charge is 0.147 e. The highest BCUT2D eigenvalue weighted by Crippen LogP contribution is 2.30. The van der Waals surface area contributed by atoms with Crippen molar-refractivity contribution in [2.45, 2.75) is 0 Å². The second kappa shape index (κ2) is 4.07. The van der Waals surface area contributed by atoms with E-state index in [2.05, 4.69) is 4.98 Å². The molecule has 1 aromatic carbocycles. The number of nitriles is 1. The summed E-state index contributed by atoms with van der Waals surface area (Å²) in [5.74, 6) is 1.24. The fraction of sp³-hybridized carbons (Fsp3) is 0.167. The Morgan fingerprint density at radius 1 is 1.25 bits per heavy atom. The number of fused-ring (bicyclic) bond motifs is 1. The SMILES string of the molecule is COc1ccc2ncc(C#N)c(OC)c2c1. The summed E-state index contributed by atoms with van der Waals surface area (Å²) in [7, 11) is 3.13. The molecule has 0 bridgehead atoms. The van der Waals surface area contributed by atoms with E-state index in [1.54, 1.807) is 7.11 Å². The molecule has 80 valence electrons. The number of rotatable bonds is 2. The van der Waals surface area contributed by atoms with Crippen molar-refractivity contribution in [1.29, 1.82) is 5.26 Å². The molecule has 0 aliphatic rings. The molecular formula is C12H10N2O2. The molecule has 4 heteroatoms. The topological polar surface area (TPSA) is 55.1 Å². The molecule has 0 aliphatic carbocycles.